The Kier molecular flexibility index (Phi) is 6.82. The van der Waals surface area contributed by atoms with Gasteiger partial charge in [-0.2, -0.15) is 0 Å². The summed E-state index contributed by atoms with van der Waals surface area (Å²) in [6.45, 7) is 0.541. The van der Waals surface area contributed by atoms with Gasteiger partial charge >= 0.3 is 5.97 Å². The Labute approximate surface area is 183 Å². The summed E-state index contributed by atoms with van der Waals surface area (Å²) < 4.78 is 12.9. The molecule has 0 aliphatic heterocycles. The molecule has 0 N–H and O–H groups in total. The van der Waals surface area contributed by atoms with E-state index in [1.54, 1.807) is 6.08 Å². The predicted octanol–water partition coefficient (Wildman–Crippen LogP) is 5.82. The number of hydrogen-bond donors (Lipinski definition) is 0. The second-order valence-electron chi connectivity index (χ2n) is 7.84. The summed E-state index contributed by atoms with van der Waals surface area (Å²) in [6, 6.07) is 18.7. The van der Waals surface area contributed by atoms with Crippen molar-refractivity contribution in [3.8, 4) is 17.1 Å². The fourth-order valence-corrected chi connectivity index (χ4v) is 4.01. The molecule has 5 heteroatoms. The first kappa shape index (κ1) is 20.9. The van der Waals surface area contributed by atoms with Crippen molar-refractivity contribution < 1.29 is 14.3 Å². The normalized spacial score (nSPS) is 14.6. The number of esters is 1. The molecule has 0 unspecified atom stereocenters. The van der Waals surface area contributed by atoms with E-state index in [4.69, 9.17) is 14.5 Å². The van der Waals surface area contributed by atoms with Gasteiger partial charge in [0.1, 0.15) is 18.2 Å². The smallest absolute Gasteiger partial charge is 0.330 e. The fraction of sp³-hybridized carbons (Fsp3) is 0.308. The van der Waals surface area contributed by atoms with Gasteiger partial charge in [0, 0.05) is 23.9 Å². The molecule has 0 amide bonds. The average Bonchev–Trinajstić information content (AvgIpc) is 3.27. The monoisotopic (exact) mass is 416 g/mol. The first-order valence-electron chi connectivity index (χ1n) is 10.8. The van der Waals surface area contributed by atoms with E-state index < -0.39 is 0 Å². The highest BCUT2D eigenvalue weighted by Crippen LogP contribution is 2.33. The third-order valence-electron chi connectivity index (χ3n) is 5.67. The average molecular weight is 417 g/mol. The molecule has 1 heterocycles. The van der Waals surface area contributed by atoms with Crippen LogP contribution in [0.1, 0.15) is 49.4 Å². The van der Waals surface area contributed by atoms with E-state index in [0.717, 1.165) is 41.2 Å². The number of methoxy groups -OCH3 is 1. The molecule has 2 aromatic carbocycles. The summed E-state index contributed by atoms with van der Waals surface area (Å²) in [5, 5.41) is 0. The van der Waals surface area contributed by atoms with Crippen LogP contribution in [0.25, 0.3) is 17.5 Å². The van der Waals surface area contributed by atoms with Crippen molar-refractivity contribution in [3.05, 3.63) is 78.1 Å². The van der Waals surface area contributed by atoms with Gasteiger partial charge in [0.2, 0.25) is 0 Å². The molecule has 0 spiro atoms. The molecule has 5 nitrogen and oxygen atoms in total. The van der Waals surface area contributed by atoms with E-state index in [0.29, 0.717) is 12.6 Å². The minimum absolute atomic E-state index is 0.381. The molecule has 0 bridgehead atoms. The lowest BCUT2D eigenvalue weighted by Gasteiger charge is -2.24. The van der Waals surface area contributed by atoms with Gasteiger partial charge in [0.15, 0.2) is 0 Å². The third-order valence-corrected chi connectivity index (χ3v) is 5.67. The molecule has 3 aromatic rings. The van der Waals surface area contributed by atoms with Gasteiger partial charge in [-0.15, -0.1) is 0 Å². The number of aromatic nitrogens is 2. The third kappa shape index (κ3) is 5.43. The number of imidazole rings is 1. The minimum Gasteiger partial charge on any atom is -0.489 e. The maximum Gasteiger partial charge on any atom is 0.330 e. The zero-order valence-electron chi connectivity index (χ0n) is 17.9. The van der Waals surface area contributed by atoms with Crippen molar-refractivity contribution in [3.63, 3.8) is 0 Å². The van der Waals surface area contributed by atoms with Gasteiger partial charge in [0.05, 0.1) is 12.8 Å². The Balaban J connectivity index is 1.55. The SMILES string of the molecule is COC(=O)/C=C/c1cn(C2CCCCC2)c(-c2ccc(OCc3ccccc3)cc2)n1. The standard InChI is InChI=1S/C26H28N2O3/c1-30-25(29)17-14-22-18-28(23-10-6-3-7-11-23)26(27-22)21-12-15-24(16-13-21)31-19-20-8-4-2-5-9-20/h2,4-5,8-9,12-18,23H,3,6-7,10-11,19H2,1H3/b17-14+. The van der Waals surface area contributed by atoms with Gasteiger partial charge in [-0.3, -0.25) is 0 Å². The molecule has 1 fully saturated rings. The van der Waals surface area contributed by atoms with Crippen molar-refractivity contribution >= 4 is 12.0 Å². The largest absolute Gasteiger partial charge is 0.489 e. The summed E-state index contributed by atoms with van der Waals surface area (Å²) >= 11 is 0. The zero-order chi connectivity index (χ0) is 21.5. The van der Waals surface area contributed by atoms with Crippen LogP contribution in [0, 0.1) is 0 Å². The maximum atomic E-state index is 11.5. The Hall–Kier alpha value is -3.34. The van der Waals surface area contributed by atoms with Gasteiger partial charge in [-0.25, -0.2) is 9.78 Å². The molecule has 1 aromatic heterocycles. The molecule has 4 rings (SSSR count). The van der Waals surface area contributed by atoms with Crippen LogP contribution in [-0.4, -0.2) is 22.6 Å². The van der Waals surface area contributed by atoms with E-state index in [9.17, 15) is 4.79 Å². The molecule has 31 heavy (non-hydrogen) atoms. The van der Waals surface area contributed by atoms with Gasteiger partial charge in [-0.05, 0) is 48.7 Å². The van der Waals surface area contributed by atoms with Crippen LogP contribution in [0.2, 0.25) is 0 Å². The topological polar surface area (TPSA) is 53.4 Å². The van der Waals surface area contributed by atoms with Gasteiger partial charge in [0.25, 0.3) is 0 Å². The van der Waals surface area contributed by atoms with Crippen LogP contribution in [0.5, 0.6) is 5.75 Å². The summed E-state index contributed by atoms with van der Waals surface area (Å²) in [5.41, 5.74) is 2.94. The van der Waals surface area contributed by atoms with E-state index >= 15 is 0 Å². The number of ether oxygens (including phenoxy) is 2. The van der Waals surface area contributed by atoms with Crippen molar-refractivity contribution in [2.24, 2.45) is 0 Å². The van der Waals surface area contributed by atoms with Crippen molar-refractivity contribution in [1.29, 1.82) is 0 Å². The second-order valence-corrected chi connectivity index (χ2v) is 7.84. The summed E-state index contributed by atoms with van der Waals surface area (Å²) in [7, 11) is 1.38. The fourth-order valence-electron chi connectivity index (χ4n) is 4.01. The molecular weight excluding hydrogens is 388 g/mol. The lowest BCUT2D eigenvalue weighted by Crippen LogP contribution is -2.13. The Morgan fingerprint density at radius 1 is 1.06 bits per heavy atom. The van der Waals surface area contributed by atoms with E-state index in [1.807, 2.05) is 36.5 Å². The quantitative estimate of drug-likeness (QED) is 0.360. The van der Waals surface area contributed by atoms with E-state index in [-0.39, 0.29) is 5.97 Å². The number of benzene rings is 2. The van der Waals surface area contributed by atoms with Crippen LogP contribution in [-0.2, 0) is 16.1 Å². The Bertz CT molecular complexity index is 1020. The highest BCUT2D eigenvalue weighted by Gasteiger charge is 2.20. The van der Waals surface area contributed by atoms with Crippen molar-refractivity contribution in [2.75, 3.05) is 7.11 Å². The van der Waals surface area contributed by atoms with Crippen molar-refractivity contribution in [1.82, 2.24) is 9.55 Å². The van der Waals surface area contributed by atoms with Gasteiger partial charge < -0.3 is 14.0 Å². The number of rotatable bonds is 7. The number of carbonyl (C=O) groups excluding carboxylic acids is 1. The highest BCUT2D eigenvalue weighted by atomic mass is 16.5. The lowest BCUT2D eigenvalue weighted by atomic mass is 9.95. The Morgan fingerprint density at radius 2 is 1.81 bits per heavy atom. The van der Waals surface area contributed by atoms with Gasteiger partial charge in [-0.1, -0.05) is 49.6 Å². The first-order valence-corrected chi connectivity index (χ1v) is 10.8. The molecule has 0 saturated heterocycles. The molecule has 0 atom stereocenters. The van der Waals surface area contributed by atoms with Crippen LogP contribution < -0.4 is 4.74 Å². The second kappa shape index (κ2) is 10.1. The van der Waals surface area contributed by atoms with Crippen LogP contribution in [0.3, 0.4) is 0 Å². The number of nitrogens with zero attached hydrogens (tertiary/aromatic N) is 2. The molecular formula is C26H28N2O3. The molecule has 1 aliphatic carbocycles. The minimum atomic E-state index is -0.381. The summed E-state index contributed by atoms with van der Waals surface area (Å²) in [4.78, 5) is 16.3. The summed E-state index contributed by atoms with van der Waals surface area (Å²) in [5.74, 6) is 1.37. The van der Waals surface area contributed by atoms with E-state index in [1.165, 1.54) is 32.4 Å². The van der Waals surface area contributed by atoms with Crippen LogP contribution in [0.15, 0.2) is 66.9 Å². The summed E-state index contributed by atoms with van der Waals surface area (Å²) in [6.07, 6.45) is 11.3. The molecule has 1 saturated carbocycles. The maximum absolute atomic E-state index is 11.5. The number of hydrogen-bond acceptors (Lipinski definition) is 4. The van der Waals surface area contributed by atoms with Crippen LogP contribution in [0.4, 0.5) is 0 Å². The lowest BCUT2D eigenvalue weighted by molar-refractivity contribution is -0.134. The number of carbonyl (C=O) groups is 1. The zero-order valence-corrected chi connectivity index (χ0v) is 17.9. The van der Waals surface area contributed by atoms with Crippen molar-refractivity contribution in [2.45, 2.75) is 44.8 Å². The van der Waals surface area contributed by atoms with E-state index in [2.05, 4.69) is 28.8 Å². The predicted molar refractivity (Wildman–Crippen MR) is 122 cm³/mol. The van der Waals surface area contributed by atoms with Crippen LogP contribution >= 0.6 is 0 Å². The molecule has 160 valence electrons. The highest BCUT2D eigenvalue weighted by molar-refractivity contribution is 5.86. The molecule has 0 radical (unpaired) electrons. The first-order chi connectivity index (χ1) is 15.2. The Morgan fingerprint density at radius 3 is 2.52 bits per heavy atom. The molecule has 1 aliphatic rings.